The molecule has 0 unspecified atom stereocenters. The summed E-state index contributed by atoms with van der Waals surface area (Å²) in [4.78, 5) is 0. The van der Waals surface area contributed by atoms with E-state index in [9.17, 15) is 0 Å². The first-order valence-corrected chi connectivity index (χ1v) is 22.9. The monoisotopic (exact) mass is 431 g/mol. The van der Waals surface area contributed by atoms with Crippen molar-refractivity contribution in [1.29, 1.82) is 0 Å². The van der Waals surface area contributed by atoms with E-state index in [-0.39, 0.29) is 0 Å². The van der Waals surface area contributed by atoms with Gasteiger partial charge in [-0.25, -0.2) is 0 Å². The molecule has 27 heavy (non-hydrogen) atoms. The van der Waals surface area contributed by atoms with Crippen molar-refractivity contribution in [3.63, 3.8) is 0 Å². The molecule has 0 bridgehead atoms. The Kier molecular flexibility index (Phi) is 6.25. The average molecular weight is 432 g/mol. The molecule has 0 radical (unpaired) electrons. The van der Waals surface area contributed by atoms with Gasteiger partial charge in [0.15, 0.2) is 0 Å². The van der Waals surface area contributed by atoms with Gasteiger partial charge in [-0.3, -0.25) is 0 Å². The van der Waals surface area contributed by atoms with Crippen LogP contribution in [0.1, 0.15) is 0 Å². The fraction of sp³-hybridized carbons (Fsp3) is 0.478. The zero-order chi connectivity index (χ0) is 20.7. The van der Waals surface area contributed by atoms with Crippen LogP contribution in [0.15, 0.2) is 60.7 Å². The SMILES string of the molecule is C[Si](C)(C)C([Si](C)(C)C)([Si](C)(C)C)[P+](C)(c1ccccc1)c1ccccc1. The maximum Gasteiger partial charge on any atom is 0.0984 e. The molecule has 0 amide bonds. The van der Waals surface area contributed by atoms with Gasteiger partial charge in [-0.1, -0.05) is 95.3 Å². The molecule has 0 aliphatic carbocycles. The van der Waals surface area contributed by atoms with E-state index in [0.29, 0.717) is 4.03 Å². The van der Waals surface area contributed by atoms with Gasteiger partial charge in [0.05, 0.1) is 52.8 Å². The summed E-state index contributed by atoms with van der Waals surface area (Å²) >= 11 is 0. The van der Waals surface area contributed by atoms with E-state index < -0.39 is 31.5 Å². The third kappa shape index (κ3) is 3.50. The van der Waals surface area contributed by atoms with Gasteiger partial charge >= 0.3 is 0 Å². The van der Waals surface area contributed by atoms with Crippen molar-refractivity contribution in [2.45, 2.75) is 62.9 Å². The largest absolute Gasteiger partial charge is 0.0984 e. The van der Waals surface area contributed by atoms with Gasteiger partial charge in [0, 0.05) is 0 Å². The first kappa shape index (κ1) is 22.8. The van der Waals surface area contributed by atoms with Crippen LogP contribution < -0.4 is 10.6 Å². The van der Waals surface area contributed by atoms with Gasteiger partial charge in [0.1, 0.15) is 0 Å². The Balaban J connectivity index is 3.11. The van der Waals surface area contributed by atoms with Crippen LogP contribution in [-0.4, -0.2) is 34.9 Å². The number of hydrogen-bond acceptors (Lipinski definition) is 0. The molecule has 0 saturated carbocycles. The van der Waals surface area contributed by atoms with E-state index in [0.717, 1.165) is 0 Å². The third-order valence-electron chi connectivity index (χ3n) is 6.47. The van der Waals surface area contributed by atoms with Crippen LogP contribution in [0, 0.1) is 0 Å². The Hall–Kier alpha value is -0.479. The maximum atomic E-state index is 2.70. The summed E-state index contributed by atoms with van der Waals surface area (Å²) < 4.78 is 0.503. The summed E-state index contributed by atoms with van der Waals surface area (Å²) in [6.07, 6.45) is 0. The molecule has 0 spiro atoms. The number of rotatable bonds is 6. The second kappa shape index (κ2) is 7.41. The molecule has 0 N–H and O–H groups in total. The van der Waals surface area contributed by atoms with E-state index in [4.69, 9.17) is 0 Å². The highest BCUT2D eigenvalue weighted by molar-refractivity contribution is 7.96. The van der Waals surface area contributed by atoms with Crippen LogP contribution in [-0.2, 0) is 0 Å². The van der Waals surface area contributed by atoms with Crippen molar-refractivity contribution >= 4 is 42.1 Å². The lowest BCUT2D eigenvalue weighted by atomic mass is 10.4. The Labute approximate surface area is 172 Å². The highest BCUT2D eigenvalue weighted by atomic mass is 31.2. The zero-order valence-electron chi connectivity index (χ0n) is 19.2. The number of benzene rings is 2. The highest BCUT2D eigenvalue weighted by Crippen LogP contribution is 2.72. The number of hydrogen-bond donors (Lipinski definition) is 0. The lowest BCUT2D eigenvalue weighted by Gasteiger charge is -2.62. The lowest BCUT2D eigenvalue weighted by Crippen LogP contribution is -2.79. The smallest absolute Gasteiger partial charge is 0.0664 e. The van der Waals surface area contributed by atoms with E-state index in [1.54, 1.807) is 10.6 Å². The second-order valence-electron chi connectivity index (χ2n) is 11.1. The van der Waals surface area contributed by atoms with Gasteiger partial charge in [-0.15, -0.1) is 0 Å². The average Bonchev–Trinajstić information content (AvgIpc) is 2.52. The quantitative estimate of drug-likeness (QED) is 0.354. The van der Waals surface area contributed by atoms with E-state index in [1.165, 1.54) is 0 Å². The summed E-state index contributed by atoms with van der Waals surface area (Å²) in [5, 5.41) is 3.23. The molecule has 0 aromatic heterocycles. The minimum absolute atomic E-state index is 0.503. The van der Waals surface area contributed by atoms with E-state index in [2.05, 4.69) is 126 Å². The topological polar surface area (TPSA) is 0 Å². The molecule has 0 saturated heterocycles. The molecule has 148 valence electrons. The summed E-state index contributed by atoms with van der Waals surface area (Å²) in [6, 6.07) is 23.2. The first-order chi connectivity index (χ1) is 12.2. The van der Waals surface area contributed by atoms with Crippen LogP contribution in [0.25, 0.3) is 0 Å². The van der Waals surface area contributed by atoms with Crippen molar-refractivity contribution in [3.8, 4) is 0 Å². The van der Waals surface area contributed by atoms with Crippen molar-refractivity contribution in [2.24, 2.45) is 0 Å². The molecule has 2 rings (SSSR count). The van der Waals surface area contributed by atoms with E-state index in [1.807, 2.05) is 0 Å². The molecule has 2 aromatic rings. The minimum Gasteiger partial charge on any atom is -0.0664 e. The maximum absolute atomic E-state index is 2.70. The molecule has 0 fully saturated rings. The molecule has 0 atom stereocenters. The van der Waals surface area contributed by atoms with Crippen LogP contribution in [0.4, 0.5) is 0 Å². The first-order valence-electron chi connectivity index (χ1n) is 10.2. The summed E-state index contributed by atoms with van der Waals surface area (Å²) in [6.45, 7) is 26.8. The fourth-order valence-corrected chi connectivity index (χ4v) is 55.4. The van der Waals surface area contributed by atoms with Crippen molar-refractivity contribution in [1.82, 2.24) is 0 Å². The van der Waals surface area contributed by atoms with Crippen LogP contribution in [0.3, 0.4) is 0 Å². The third-order valence-corrected chi connectivity index (χ3v) is 40.6. The molecule has 2 aromatic carbocycles. The Bertz CT molecular complexity index is 675. The molecule has 0 heterocycles. The highest BCUT2D eigenvalue weighted by Gasteiger charge is 2.74. The lowest BCUT2D eigenvalue weighted by molar-refractivity contribution is 1.25. The Morgan fingerprint density at radius 2 is 0.778 bits per heavy atom. The Morgan fingerprint density at radius 3 is 1.00 bits per heavy atom. The second-order valence-corrected chi connectivity index (χ2v) is 33.4. The van der Waals surface area contributed by atoms with Gasteiger partial charge < -0.3 is 0 Å². The van der Waals surface area contributed by atoms with Crippen LogP contribution >= 0.6 is 7.26 Å². The van der Waals surface area contributed by atoms with Gasteiger partial charge in [0.2, 0.25) is 0 Å². The van der Waals surface area contributed by atoms with E-state index >= 15 is 0 Å². The predicted octanol–water partition coefficient (Wildman–Crippen LogP) is 6.66. The molecular formula is C23H40PSi3+. The summed E-state index contributed by atoms with van der Waals surface area (Å²) in [5.74, 6) is 0. The van der Waals surface area contributed by atoms with Crippen molar-refractivity contribution in [3.05, 3.63) is 60.7 Å². The summed E-state index contributed by atoms with van der Waals surface area (Å²) in [5.41, 5.74) is 0. The van der Waals surface area contributed by atoms with Gasteiger partial charge in [-0.05, 0) is 24.3 Å². The van der Waals surface area contributed by atoms with Crippen LogP contribution in [0.5, 0.6) is 0 Å². The van der Waals surface area contributed by atoms with Crippen molar-refractivity contribution in [2.75, 3.05) is 6.66 Å². The molecule has 0 nitrogen and oxygen atoms in total. The summed E-state index contributed by atoms with van der Waals surface area (Å²) in [7, 11) is -6.20. The van der Waals surface area contributed by atoms with Crippen LogP contribution in [0.2, 0.25) is 58.9 Å². The molecular weight excluding hydrogens is 391 g/mol. The molecule has 0 aliphatic heterocycles. The Morgan fingerprint density at radius 1 is 0.519 bits per heavy atom. The van der Waals surface area contributed by atoms with Gasteiger partial charge in [0.25, 0.3) is 0 Å². The normalized spacial score (nSPS) is 14.3. The van der Waals surface area contributed by atoms with Crippen molar-refractivity contribution < 1.29 is 0 Å². The van der Waals surface area contributed by atoms with Gasteiger partial charge in [-0.2, -0.15) is 0 Å². The standard InChI is InChI=1S/C23H40PSi3/c1-24(21-17-13-11-14-18-21,22-19-15-12-16-20-22)23(25(2,3)4,26(5,6)7)27(8,9)10/h11-20H,1-10H3/q+1. The predicted molar refractivity (Wildman–Crippen MR) is 138 cm³/mol. The molecule has 4 heteroatoms. The fourth-order valence-electron chi connectivity index (χ4n) is 7.38. The molecule has 0 aliphatic rings. The zero-order valence-corrected chi connectivity index (χ0v) is 23.1. The minimum atomic E-state index is -1.59.